The van der Waals surface area contributed by atoms with Crippen molar-refractivity contribution in [3.05, 3.63) is 24.3 Å². The molecule has 0 atom stereocenters. The van der Waals surface area contributed by atoms with E-state index in [0.717, 1.165) is 37.7 Å². The quantitative estimate of drug-likeness (QED) is 0.735. The zero-order valence-electron chi connectivity index (χ0n) is 15.5. The van der Waals surface area contributed by atoms with Gasteiger partial charge in [0.05, 0.1) is 0 Å². The van der Waals surface area contributed by atoms with Crippen LogP contribution in [0.25, 0.3) is 0 Å². The summed E-state index contributed by atoms with van der Waals surface area (Å²) in [5, 5.41) is 2.37. The molecular formula is C20H30N4O2. The van der Waals surface area contributed by atoms with Crippen LogP contribution in [0.2, 0.25) is 0 Å². The molecular weight excluding hydrogens is 328 g/mol. The molecule has 142 valence electrons. The summed E-state index contributed by atoms with van der Waals surface area (Å²) >= 11 is 0. The van der Waals surface area contributed by atoms with Crippen LogP contribution in [0.5, 0.6) is 0 Å². The van der Waals surface area contributed by atoms with Crippen molar-refractivity contribution in [3.8, 4) is 0 Å². The van der Waals surface area contributed by atoms with E-state index in [1.54, 1.807) is 4.90 Å². The Morgan fingerprint density at radius 2 is 1.65 bits per heavy atom. The van der Waals surface area contributed by atoms with Crippen molar-refractivity contribution >= 4 is 23.3 Å². The van der Waals surface area contributed by atoms with Gasteiger partial charge in [0.15, 0.2) is 0 Å². The molecule has 0 aromatic heterocycles. The normalized spacial score (nSPS) is 19.0. The number of nitrogens with two attached hydrogens (primary N) is 1. The predicted octanol–water partition coefficient (Wildman–Crippen LogP) is 2.87. The van der Waals surface area contributed by atoms with E-state index in [2.05, 4.69) is 22.3 Å². The van der Waals surface area contributed by atoms with Crippen LogP contribution >= 0.6 is 0 Å². The third-order valence-corrected chi connectivity index (χ3v) is 5.51. The van der Waals surface area contributed by atoms with E-state index < -0.39 is 0 Å². The van der Waals surface area contributed by atoms with Gasteiger partial charge in [-0.2, -0.15) is 0 Å². The maximum absolute atomic E-state index is 11.9. The number of urea groups is 1. The number of anilines is 2. The molecule has 6 nitrogen and oxygen atoms in total. The van der Waals surface area contributed by atoms with Gasteiger partial charge in [-0.3, -0.25) is 15.0 Å². The number of rotatable bonds is 7. The van der Waals surface area contributed by atoms with Crippen LogP contribution in [-0.2, 0) is 4.79 Å². The van der Waals surface area contributed by atoms with Crippen LogP contribution in [-0.4, -0.2) is 38.1 Å². The number of carbonyl (C=O) groups is 2. The number of hydrogen-bond donors (Lipinski definition) is 2. The molecule has 0 saturated carbocycles. The number of nitrogens with zero attached hydrogens (tertiary/aromatic N) is 2. The zero-order chi connectivity index (χ0) is 18.4. The van der Waals surface area contributed by atoms with Crippen molar-refractivity contribution in [2.24, 2.45) is 11.7 Å². The van der Waals surface area contributed by atoms with E-state index in [4.69, 9.17) is 5.73 Å². The van der Waals surface area contributed by atoms with Gasteiger partial charge in [0.1, 0.15) is 0 Å². The van der Waals surface area contributed by atoms with E-state index in [1.807, 2.05) is 12.1 Å². The van der Waals surface area contributed by atoms with Crippen molar-refractivity contribution in [2.75, 3.05) is 36.0 Å². The molecule has 0 bridgehead atoms. The third-order valence-electron chi connectivity index (χ3n) is 5.51. The van der Waals surface area contributed by atoms with Crippen molar-refractivity contribution in [3.63, 3.8) is 0 Å². The lowest BCUT2D eigenvalue weighted by atomic mass is 9.91. The van der Waals surface area contributed by atoms with Gasteiger partial charge in [-0.05, 0) is 56.0 Å². The van der Waals surface area contributed by atoms with Gasteiger partial charge in [-0.1, -0.05) is 19.3 Å². The molecule has 0 spiro atoms. The van der Waals surface area contributed by atoms with Crippen LogP contribution in [0.1, 0.15) is 44.9 Å². The first kappa shape index (κ1) is 18.7. The lowest BCUT2D eigenvalue weighted by molar-refractivity contribution is -0.120. The number of carbonyl (C=O) groups excluding carboxylic acids is 2. The highest BCUT2D eigenvalue weighted by molar-refractivity contribution is 6.05. The van der Waals surface area contributed by atoms with Gasteiger partial charge < -0.3 is 10.6 Å². The molecule has 2 saturated heterocycles. The molecule has 0 radical (unpaired) electrons. The maximum atomic E-state index is 11.9. The first-order chi connectivity index (χ1) is 12.7. The highest BCUT2D eigenvalue weighted by Crippen LogP contribution is 2.28. The van der Waals surface area contributed by atoms with Gasteiger partial charge in [0, 0.05) is 37.4 Å². The fourth-order valence-electron chi connectivity index (χ4n) is 3.89. The van der Waals surface area contributed by atoms with E-state index in [1.165, 1.54) is 37.8 Å². The van der Waals surface area contributed by atoms with Crippen LogP contribution in [0.15, 0.2) is 24.3 Å². The summed E-state index contributed by atoms with van der Waals surface area (Å²) in [5.74, 6) is 0.645. The molecule has 2 fully saturated rings. The maximum Gasteiger partial charge on any atom is 0.328 e. The monoisotopic (exact) mass is 358 g/mol. The molecule has 2 aliphatic rings. The lowest BCUT2D eigenvalue weighted by Gasteiger charge is -2.34. The van der Waals surface area contributed by atoms with Crippen LogP contribution in [0.4, 0.5) is 16.2 Å². The predicted molar refractivity (Wildman–Crippen MR) is 104 cm³/mol. The SMILES string of the molecule is NCCCCCC1CCN(c2ccc(N3CCC(=O)NC3=O)cc2)CC1. The van der Waals surface area contributed by atoms with E-state index in [-0.39, 0.29) is 11.9 Å². The summed E-state index contributed by atoms with van der Waals surface area (Å²) in [5.41, 5.74) is 7.61. The third kappa shape index (κ3) is 4.75. The van der Waals surface area contributed by atoms with Crippen LogP contribution in [0, 0.1) is 5.92 Å². The number of benzene rings is 1. The molecule has 1 aromatic rings. The zero-order valence-corrected chi connectivity index (χ0v) is 15.5. The average molecular weight is 358 g/mol. The molecule has 2 aliphatic heterocycles. The molecule has 6 heteroatoms. The summed E-state index contributed by atoms with van der Waals surface area (Å²) < 4.78 is 0. The number of nitrogens with one attached hydrogen (secondary N) is 1. The Kier molecular flexibility index (Phi) is 6.50. The Labute approximate surface area is 155 Å². The van der Waals surface area contributed by atoms with Gasteiger partial charge >= 0.3 is 6.03 Å². The molecule has 0 unspecified atom stereocenters. The number of imide groups is 1. The van der Waals surface area contributed by atoms with Gasteiger partial charge in [-0.15, -0.1) is 0 Å². The summed E-state index contributed by atoms with van der Waals surface area (Å²) in [6.07, 6.45) is 7.89. The van der Waals surface area contributed by atoms with Crippen molar-refractivity contribution in [1.29, 1.82) is 0 Å². The number of hydrogen-bond acceptors (Lipinski definition) is 4. The summed E-state index contributed by atoms with van der Waals surface area (Å²) in [7, 11) is 0. The van der Waals surface area contributed by atoms with Crippen LogP contribution < -0.4 is 20.9 Å². The van der Waals surface area contributed by atoms with Crippen molar-refractivity contribution in [2.45, 2.75) is 44.9 Å². The fourth-order valence-corrected chi connectivity index (χ4v) is 3.89. The molecule has 3 rings (SSSR count). The van der Waals surface area contributed by atoms with Gasteiger partial charge in [0.25, 0.3) is 0 Å². The highest BCUT2D eigenvalue weighted by atomic mass is 16.2. The minimum Gasteiger partial charge on any atom is -0.372 e. The Morgan fingerprint density at radius 1 is 0.962 bits per heavy atom. The van der Waals surface area contributed by atoms with Gasteiger partial charge in [0.2, 0.25) is 5.91 Å². The Bertz CT molecular complexity index is 609. The number of amides is 3. The Balaban J connectivity index is 1.49. The molecule has 26 heavy (non-hydrogen) atoms. The minimum atomic E-state index is -0.329. The molecule has 3 N–H and O–H groups in total. The van der Waals surface area contributed by atoms with Crippen molar-refractivity contribution in [1.82, 2.24) is 5.32 Å². The van der Waals surface area contributed by atoms with E-state index in [0.29, 0.717) is 13.0 Å². The molecule has 2 heterocycles. The average Bonchev–Trinajstić information content (AvgIpc) is 2.66. The lowest BCUT2D eigenvalue weighted by Crippen LogP contribution is -2.49. The first-order valence-electron chi connectivity index (χ1n) is 9.84. The van der Waals surface area contributed by atoms with Crippen molar-refractivity contribution < 1.29 is 9.59 Å². The molecule has 1 aromatic carbocycles. The molecule has 0 aliphatic carbocycles. The Morgan fingerprint density at radius 3 is 2.31 bits per heavy atom. The Hall–Kier alpha value is -2.08. The summed E-state index contributed by atoms with van der Waals surface area (Å²) in [6, 6.07) is 7.79. The number of unbranched alkanes of at least 4 members (excludes halogenated alkanes) is 2. The highest BCUT2D eigenvalue weighted by Gasteiger charge is 2.24. The van der Waals surface area contributed by atoms with E-state index >= 15 is 0 Å². The van der Waals surface area contributed by atoms with E-state index in [9.17, 15) is 9.59 Å². The second-order valence-electron chi connectivity index (χ2n) is 7.34. The van der Waals surface area contributed by atoms with Crippen LogP contribution in [0.3, 0.4) is 0 Å². The minimum absolute atomic E-state index is 0.200. The standard InChI is InChI=1S/C20H30N4O2/c21-12-3-1-2-4-16-9-13-23(14-10-16)17-5-7-18(8-6-17)24-15-11-19(25)22-20(24)26/h5-8,16H,1-4,9-15,21H2,(H,22,25,26). The summed E-state index contributed by atoms with van der Waals surface area (Å²) in [6.45, 7) is 3.45. The molecule has 3 amide bonds. The summed E-state index contributed by atoms with van der Waals surface area (Å²) in [4.78, 5) is 27.3. The second kappa shape index (κ2) is 9.03. The fraction of sp³-hybridized carbons (Fsp3) is 0.600. The van der Waals surface area contributed by atoms with Gasteiger partial charge in [-0.25, -0.2) is 4.79 Å². The largest absolute Gasteiger partial charge is 0.372 e. The number of piperidine rings is 1. The smallest absolute Gasteiger partial charge is 0.328 e. The first-order valence-corrected chi connectivity index (χ1v) is 9.84. The topological polar surface area (TPSA) is 78.7 Å². The second-order valence-corrected chi connectivity index (χ2v) is 7.34.